The number of fused-ring (bicyclic) bond motifs is 1. The van der Waals surface area contributed by atoms with E-state index in [1.807, 2.05) is 35.9 Å². The van der Waals surface area contributed by atoms with Crippen LogP contribution in [0.3, 0.4) is 0 Å². The molecule has 0 spiro atoms. The van der Waals surface area contributed by atoms with Crippen molar-refractivity contribution in [1.82, 2.24) is 14.5 Å². The summed E-state index contributed by atoms with van der Waals surface area (Å²) >= 11 is 6.53. The number of carbonyl (C=O) groups is 1. The third kappa shape index (κ3) is 2.41. The van der Waals surface area contributed by atoms with Crippen molar-refractivity contribution in [3.63, 3.8) is 0 Å². The zero-order chi connectivity index (χ0) is 15.0. The Morgan fingerprint density at radius 2 is 2.19 bits per heavy atom. The first kappa shape index (κ1) is 14.0. The highest BCUT2D eigenvalue weighted by Gasteiger charge is 2.31. The fourth-order valence-electron chi connectivity index (χ4n) is 2.20. The van der Waals surface area contributed by atoms with E-state index in [0.29, 0.717) is 15.8 Å². The van der Waals surface area contributed by atoms with E-state index < -0.39 is 0 Å². The molecule has 0 unspecified atom stereocenters. The van der Waals surface area contributed by atoms with Crippen LogP contribution in [0.25, 0.3) is 17.1 Å². The molecule has 1 aliphatic heterocycles. The van der Waals surface area contributed by atoms with Crippen molar-refractivity contribution < 1.29 is 4.79 Å². The van der Waals surface area contributed by atoms with Crippen molar-refractivity contribution in [2.45, 2.75) is 0 Å². The van der Waals surface area contributed by atoms with E-state index in [-0.39, 0.29) is 5.91 Å². The summed E-state index contributed by atoms with van der Waals surface area (Å²) < 4.78 is 2.53. The number of aryl methyl sites for hydroxylation is 1. The molecule has 6 heteroatoms. The minimum atomic E-state index is -0.0862. The Morgan fingerprint density at radius 3 is 2.90 bits per heavy atom. The number of para-hydroxylation sites is 2. The molecule has 0 atom stereocenters. The fraction of sp³-hybridized carbons (Fsp3) is 0.133. The fourth-order valence-corrected chi connectivity index (χ4v) is 3.44. The van der Waals surface area contributed by atoms with Crippen LogP contribution in [0, 0.1) is 0 Å². The summed E-state index contributed by atoms with van der Waals surface area (Å²) in [6.45, 7) is 4.08. The van der Waals surface area contributed by atoms with Gasteiger partial charge in [-0.3, -0.25) is 9.69 Å². The molecule has 4 nitrogen and oxygen atoms in total. The van der Waals surface area contributed by atoms with Gasteiger partial charge in [0, 0.05) is 19.7 Å². The maximum absolute atomic E-state index is 12.3. The predicted molar refractivity (Wildman–Crippen MR) is 90.8 cm³/mol. The summed E-state index contributed by atoms with van der Waals surface area (Å²) in [6, 6.07) is 7.87. The summed E-state index contributed by atoms with van der Waals surface area (Å²) in [6.07, 6.45) is 3.46. The number of nitrogens with zero attached hydrogens (tertiary/aromatic N) is 3. The zero-order valence-corrected chi connectivity index (χ0v) is 13.1. The number of rotatable bonds is 3. The number of thiocarbonyl (C=S) groups is 1. The van der Waals surface area contributed by atoms with Crippen molar-refractivity contribution in [3.05, 3.63) is 47.6 Å². The molecule has 3 rings (SSSR count). The molecule has 2 heterocycles. The van der Waals surface area contributed by atoms with Gasteiger partial charge < -0.3 is 4.57 Å². The highest BCUT2D eigenvalue weighted by Crippen LogP contribution is 2.32. The van der Waals surface area contributed by atoms with E-state index >= 15 is 0 Å². The second-order valence-corrected chi connectivity index (χ2v) is 6.27. The third-order valence-electron chi connectivity index (χ3n) is 3.27. The highest BCUT2D eigenvalue weighted by molar-refractivity contribution is 8.26. The summed E-state index contributed by atoms with van der Waals surface area (Å²) in [5.74, 6) is 0.659. The Balaban J connectivity index is 2.01. The topological polar surface area (TPSA) is 38.1 Å². The number of benzene rings is 1. The number of imidazole rings is 1. The molecule has 2 aromatic rings. The minimum absolute atomic E-state index is 0.0862. The van der Waals surface area contributed by atoms with Crippen LogP contribution in [0.5, 0.6) is 0 Å². The van der Waals surface area contributed by atoms with Crippen LogP contribution in [0.2, 0.25) is 0 Å². The molecular formula is C15H13N3OS2. The van der Waals surface area contributed by atoms with Gasteiger partial charge in [0.2, 0.25) is 0 Å². The Labute approximate surface area is 132 Å². The lowest BCUT2D eigenvalue weighted by atomic mass is 10.3. The van der Waals surface area contributed by atoms with Crippen LogP contribution in [-0.4, -0.2) is 31.2 Å². The molecule has 106 valence electrons. The SMILES string of the molecule is C=CCN1C(=O)C(=Cc2nc3ccccc3n2C)SC1=S. The molecule has 0 saturated carbocycles. The monoisotopic (exact) mass is 315 g/mol. The number of amides is 1. The summed E-state index contributed by atoms with van der Waals surface area (Å²) in [7, 11) is 1.94. The first-order chi connectivity index (χ1) is 10.1. The van der Waals surface area contributed by atoms with Gasteiger partial charge in [0.05, 0.1) is 15.9 Å². The predicted octanol–water partition coefficient (Wildman–Crippen LogP) is 2.96. The maximum atomic E-state index is 12.3. The zero-order valence-electron chi connectivity index (χ0n) is 11.4. The smallest absolute Gasteiger partial charge is 0.266 e. The second kappa shape index (κ2) is 5.46. The van der Waals surface area contributed by atoms with Crippen molar-refractivity contribution in [2.24, 2.45) is 7.05 Å². The number of hydrogen-bond donors (Lipinski definition) is 0. The summed E-state index contributed by atoms with van der Waals surface area (Å²) in [5.41, 5.74) is 1.94. The highest BCUT2D eigenvalue weighted by atomic mass is 32.2. The minimum Gasteiger partial charge on any atom is -0.328 e. The van der Waals surface area contributed by atoms with Crippen molar-refractivity contribution in [1.29, 1.82) is 0 Å². The Morgan fingerprint density at radius 1 is 1.43 bits per heavy atom. The molecule has 0 aliphatic carbocycles. The normalized spacial score (nSPS) is 17.2. The maximum Gasteiger partial charge on any atom is 0.266 e. The molecule has 1 fully saturated rings. The lowest BCUT2D eigenvalue weighted by Gasteiger charge is -2.10. The first-order valence-corrected chi connectivity index (χ1v) is 7.62. The molecule has 21 heavy (non-hydrogen) atoms. The average molecular weight is 315 g/mol. The van der Waals surface area contributed by atoms with E-state index in [0.717, 1.165) is 16.9 Å². The van der Waals surface area contributed by atoms with Crippen LogP contribution in [-0.2, 0) is 11.8 Å². The standard InChI is InChI=1S/C15H13N3OS2/c1-3-8-18-14(19)12(21-15(18)20)9-13-16-10-6-4-5-7-11(10)17(13)2/h3-7,9H,1,8H2,2H3. The van der Waals surface area contributed by atoms with Gasteiger partial charge in [0.25, 0.3) is 5.91 Å². The molecular weight excluding hydrogens is 302 g/mol. The molecule has 1 amide bonds. The quantitative estimate of drug-likeness (QED) is 0.496. The Bertz CT molecular complexity index is 791. The van der Waals surface area contributed by atoms with Crippen LogP contribution >= 0.6 is 24.0 Å². The van der Waals surface area contributed by atoms with E-state index in [4.69, 9.17) is 12.2 Å². The molecule has 1 aromatic heterocycles. The van der Waals surface area contributed by atoms with Gasteiger partial charge in [0.15, 0.2) is 0 Å². The van der Waals surface area contributed by atoms with Crippen LogP contribution in [0.15, 0.2) is 41.8 Å². The van der Waals surface area contributed by atoms with Gasteiger partial charge in [-0.15, -0.1) is 6.58 Å². The van der Waals surface area contributed by atoms with E-state index in [1.165, 1.54) is 11.8 Å². The van der Waals surface area contributed by atoms with Crippen molar-refractivity contribution in [3.8, 4) is 0 Å². The number of carbonyl (C=O) groups excluding carboxylic acids is 1. The van der Waals surface area contributed by atoms with Gasteiger partial charge >= 0.3 is 0 Å². The molecule has 0 bridgehead atoms. The van der Waals surface area contributed by atoms with Gasteiger partial charge in [-0.1, -0.05) is 42.2 Å². The molecule has 1 aliphatic rings. The van der Waals surface area contributed by atoms with Gasteiger partial charge in [0.1, 0.15) is 10.1 Å². The van der Waals surface area contributed by atoms with Gasteiger partial charge in [-0.2, -0.15) is 0 Å². The van der Waals surface area contributed by atoms with E-state index in [1.54, 1.807) is 17.1 Å². The molecule has 1 saturated heterocycles. The van der Waals surface area contributed by atoms with Crippen LogP contribution in [0.4, 0.5) is 0 Å². The molecule has 0 N–H and O–H groups in total. The van der Waals surface area contributed by atoms with Gasteiger partial charge in [-0.25, -0.2) is 4.98 Å². The van der Waals surface area contributed by atoms with Crippen LogP contribution < -0.4 is 0 Å². The second-order valence-electron chi connectivity index (χ2n) is 4.60. The van der Waals surface area contributed by atoms with E-state index in [2.05, 4.69) is 11.6 Å². The van der Waals surface area contributed by atoms with E-state index in [9.17, 15) is 4.79 Å². The third-order valence-corrected chi connectivity index (χ3v) is 4.64. The number of hydrogen-bond acceptors (Lipinski definition) is 4. The first-order valence-electron chi connectivity index (χ1n) is 6.39. The van der Waals surface area contributed by atoms with Crippen molar-refractivity contribution in [2.75, 3.05) is 6.54 Å². The summed E-state index contributed by atoms with van der Waals surface area (Å²) in [5, 5.41) is 0. The Hall–Kier alpha value is -1.92. The lowest BCUT2D eigenvalue weighted by molar-refractivity contribution is -0.121. The largest absolute Gasteiger partial charge is 0.328 e. The van der Waals surface area contributed by atoms with Gasteiger partial charge in [-0.05, 0) is 12.1 Å². The number of thioether (sulfide) groups is 1. The molecule has 1 aromatic carbocycles. The lowest BCUT2D eigenvalue weighted by Crippen LogP contribution is -2.27. The number of aromatic nitrogens is 2. The van der Waals surface area contributed by atoms with Crippen LogP contribution in [0.1, 0.15) is 5.82 Å². The Kier molecular flexibility index (Phi) is 3.65. The summed E-state index contributed by atoms with van der Waals surface area (Å²) in [4.78, 5) is 19.0. The molecule has 0 radical (unpaired) electrons. The van der Waals surface area contributed by atoms with Crippen molar-refractivity contribution >= 4 is 51.3 Å². The average Bonchev–Trinajstić information content (AvgIpc) is 2.93.